The molecule has 1 atom stereocenters. The Morgan fingerprint density at radius 2 is 2.28 bits per heavy atom. The zero-order chi connectivity index (χ0) is 13.5. The minimum absolute atomic E-state index is 0.0241. The number of amides is 1. The van der Waals surface area contributed by atoms with Gasteiger partial charge in [0.25, 0.3) is 0 Å². The Balaban J connectivity index is 2.54. The largest absolute Gasteiger partial charge is 0.340 e. The van der Waals surface area contributed by atoms with Gasteiger partial charge in [0.2, 0.25) is 5.91 Å². The van der Waals surface area contributed by atoms with Crippen molar-refractivity contribution >= 4 is 29.3 Å². The maximum atomic E-state index is 12.0. The molecule has 1 rings (SSSR count). The number of nitrogens with two attached hydrogens (primary N) is 1. The van der Waals surface area contributed by atoms with Crippen molar-refractivity contribution in [3.8, 4) is 0 Å². The Kier molecular flexibility index (Phi) is 6.54. The highest BCUT2D eigenvalue weighted by Crippen LogP contribution is 2.12. The van der Waals surface area contributed by atoms with E-state index in [1.807, 2.05) is 30.5 Å². The number of thioether (sulfide) groups is 1. The van der Waals surface area contributed by atoms with E-state index in [1.165, 1.54) is 0 Å². The maximum Gasteiger partial charge on any atom is 0.239 e. The van der Waals surface area contributed by atoms with Crippen molar-refractivity contribution in [3.05, 3.63) is 34.9 Å². The van der Waals surface area contributed by atoms with Crippen LogP contribution in [-0.2, 0) is 11.3 Å². The average molecular weight is 287 g/mol. The van der Waals surface area contributed by atoms with E-state index in [-0.39, 0.29) is 5.91 Å². The van der Waals surface area contributed by atoms with Crippen LogP contribution < -0.4 is 5.73 Å². The Labute approximate surface area is 118 Å². The fourth-order valence-corrected chi connectivity index (χ4v) is 2.34. The van der Waals surface area contributed by atoms with E-state index in [9.17, 15) is 4.79 Å². The molecule has 0 aliphatic rings. The van der Waals surface area contributed by atoms with E-state index >= 15 is 0 Å². The quantitative estimate of drug-likeness (QED) is 0.873. The van der Waals surface area contributed by atoms with Crippen LogP contribution in [0.2, 0.25) is 5.02 Å². The van der Waals surface area contributed by atoms with Gasteiger partial charge in [-0.05, 0) is 36.1 Å². The van der Waals surface area contributed by atoms with Gasteiger partial charge in [-0.15, -0.1) is 0 Å². The van der Waals surface area contributed by atoms with Gasteiger partial charge in [0.1, 0.15) is 0 Å². The summed E-state index contributed by atoms with van der Waals surface area (Å²) in [6, 6.07) is 7.09. The first-order valence-corrected chi connectivity index (χ1v) is 7.55. The van der Waals surface area contributed by atoms with E-state index in [0.717, 1.165) is 11.3 Å². The lowest BCUT2D eigenvalue weighted by Gasteiger charge is -2.21. The van der Waals surface area contributed by atoms with E-state index in [4.69, 9.17) is 17.3 Å². The molecule has 0 heterocycles. The third kappa shape index (κ3) is 4.88. The summed E-state index contributed by atoms with van der Waals surface area (Å²) in [7, 11) is 1.77. The van der Waals surface area contributed by atoms with Gasteiger partial charge in [0.05, 0.1) is 6.04 Å². The summed E-state index contributed by atoms with van der Waals surface area (Å²) in [6.07, 6.45) is 2.72. The molecule has 1 aromatic rings. The van der Waals surface area contributed by atoms with Gasteiger partial charge >= 0.3 is 0 Å². The molecule has 0 aromatic heterocycles. The van der Waals surface area contributed by atoms with E-state index in [0.29, 0.717) is 18.0 Å². The van der Waals surface area contributed by atoms with Gasteiger partial charge < -0.3 is 10.6 Å². The minimum atomic E-state index is -0.415. The molecule has 2 N–H and O–H groups in total. The molecule has 0 aliphatic heterocycles. The highest BCUT2D eigenvalue weighted by atomic mass is 35.5. The number of hydrogen-bond acceptors (Lipinski definition) is 3. The van der Waals surface area contributed by atoms with Crippen molar-refractivity contribution in [1.82, 2.24) is 4.90 Å². The zero-order valence-electron chi connectivity index (χ0n) is 10.7. The van der Waals surface area contributed by atoms with E-state index in [2.05, 4.69) is 0 Å². The molecule has 0 unspecified atom stereocenters. The summed E-state index contributed by atoms with van der Waals surface area (Å²) >= 11 is 7.60. The fraction of sp³-hybridized carbons (Fsp3) is 0.462. The van der Waals surface area contributed by atoms with Crippen LogP contribution >= 0.6 is 23.4 Å². The van der Waals surface area contributed by atoms with Gasteiger partial charge in [0.15, 0.2) is 0 Å². The molecular formula is C13H19ClN2OS. The molecule has 0 saturated heterocycles. The van der Waals surface area contributed by atoms with Crippen LogP contribution in [0, 0.1) is 0 Å². The summed E-state index contributed by atoms with van der Waals surface area (Å²) < 4.78 is 0. The Hall–Kier alpha value is -0.710. The second-order valence-corrected chi connectivity index (χ2v) is 5.63. The molecule has 0 fully saturated rings. The van der Waals surface area contributed by atoms with Crippen LogP contribution in [0.3, 0.4) is 0 Å². The molecule has 5 heteroatoms. The topological polar surface area (TPSA) is 46.3 Å². The van der Waals surface area contributed by atoms with Crippen LogP contribution in [0.1, 0.15) is 12.0 Å². The van der Waals surface area contributed by atoms with Gasteiger partial charge in [-0.1, -0.05) is 23.7 Å². The molecule has 1 aromatic carbocycles. The molecule has 0 saturated carbocycles. The van der Waals surface area contributed by atoms with Crippen LogP contribution in [0.4, 0.5) is 0 Å². The molecule has 0 aliphatic carbocycles. The van der Waals surface area contributed by atoms with Crippen molar-refractivity contribution in [2.75, 3.05) is 19.1 Å². The number of benzene rings is 1. The van der Waals surface area contributed by atoms with Crippen LogP contribution in [0.5, 0.6) is 0 Å². The molecule has 3 nitrogen and oxygen atoms in total. The number of nitrogens with zero attached hydrogens (tertiary/aromatic N) is 1. The predicted octanol–water partition coefficient (Wildman–Crippen LogP) is 2.38. The van der Waals surface area contributed by atoms with E-state index in [1.54, 1.807) is 23.7 Å². The van der Waals surface area contributed by atoms with Crippen molar-refractivity contribution in [3.63, 3.8) is 0 Å². The molecular weight excluding hydrogens is 268 g/mol. The van der Waals surface area contributed by atoms with Gasteiger partial charge in [0, 0.05) is 18.6 Å². The highest BCUT2D eigenvalue weighted by Gasteiger charge is 2.17. The van der Waals surface area contributed by atoms with Crippen molar-refractivity contribution in [2.45, 2.75) is 19.0 Å². The third-order valence-corrected chi connectivity index (χ3v) is 3.51. The first-order valence-electron chi connectivity index (χ1n) is 5.78. The highest BCUT2D eigenvalue weighted by molar-refractivity contribution is 7.98. The Bertz CT molecular complexity index is 400. The molecule has 1 amide bonds. The summed E-state index contributed by atoms with van der Waals surface area (Å²) in [5.74, 6) is 0.877. The summed E-state index contributed by atoms with van der Waals surface area (Å²) in [5, 5.41) is 0.681. The Morgan fingerprint density at radius 3 is 2.89 bits per heavy atom. The van der Waals surface area contributed by atoms with Crippen molar-refractivity contribution < 1.29 is 4.79 Å². The maximum absolute atomic E-state index is 12.0. The van der Waals surface area contributed by atoms with Gasteiger partial charge in [-0.3, -0.25) is 4.79 Å². The monoisotopic (exact) mass is 286 g/mol. The summed E-state index contributed by atoms with van der Waals surface area (Å²) in [4.78, 5) is 13.6. The number of hydrogen-bond donors (Lipinski definition) is 1. The number of halogens is 1. The van der Waals surface area contributed by atoms with E-state index < -0.39 is 6.04 Å². The lowest BCUT2D eigenvalue weighted by Crippen LogP contribution is -2.41. The molecule has 0 spiro atoms. The number of carbonyl (C=O) groups excluding carboxylic acids is 1. The summed E-state index contributed by atoms with van der Waals surface area (Å²) in [5.41, 5.74) is 6.87. The fourth-order valence-electron chi connectivity index (χ4n) is 1.64. The van der Waals surface area contributed by atoms with Crippen molar-refractivity contribution in [1.29, 1.82) is 0 Å². The standard InChI is InChI=1S/C13H19ClN2OS/c1-16(13(17)12(15)6-7-18-2)9-10-4-3-5-11(14)8-10/h3-5,8,12H,6-7,9,15H2,1-2H3/t12-/m1/s1. The number of rotatable bonds is 6. The lowest BCUT2D eigenvalue weighted by atomic mass is 10.2. The van der Waals surface area contributed by atoms with Crippen LogP contribution in [-0.4, -0.2) is 35.9 Å². The zero-order valence-corrected chi connectivity index (χ0v) is 12.3. The summed E-state index contributed by atoms with van der Waals surface area (Å²) in [6.45, 7) is 0.534. The first-order chi connectivity index (χ1) is 8.54. The van der Waals surface area contributed by atoms with Crippen molar-refractivity contribution in [2.24, 2.45) is 5.73 Å². The Morgan fingerprint density at radius 1 is 1.56 bits per heavy atom. The normalized spacial score (nSPS) is 12.2. The SMILES string of the molecule is CSCC[C@@H](N)C(=O)N(C)Cc1cccc(Cl)c1. The molecule has 100 valence electrons. The second kappa shape index (κ2) is 7.67. The van der Waals surface area contributed by atoms with Crippen LogP contribution in [0.25, 0.3) is 0 Å². The second-order valence-electron chi connectivity index (χ2n) is 4.21. The first kappa shape index (κ1) is 15.3. The molecule has 18 heavy (non-hydrogen) atoms. The predicted molar refractivity (Wildman–Crippen MR) is 78.9 cm³/mol. The number of likely N-dealkylation sites (N-methyl/N-ethyl adjacent to an activating group) is 1. The number of carbonyl (C=O) groups is 1. The molecule has 0 radical (unpaired) electrons. The third-order valence-electron chi connectivity index (χ3n) is 2.64. The van der Waals surface area contributed by atoms with Gasteiger partial charge in [-0.25, -0.2) is 0 Å². The average Bonchev–Trinajstić information content (AvgIpc) is 2.35. The smallest absolute Gasteiger partial charge is 0.239 e. The van der Waals surface area contributed by atoms with Gasteiger partial charge in [-0.2, -0.15) is 11.8 Å². The lowest BCUT2D eigenvalue weighted by molar-refractivity contribution is -0.131. The minimum Gasteiger partial charge on any atom is -0.340 e. The molecule has 0 bridgehead atoms. The van der Waals surface area contributed by atoms with Crippen LogP contribution in [0.15, 0.2) is 24.3 Å².